The van der Waals surface area contributed by atoms with Gasteiger partial charge in [0.1, 0.15) is 5.60 Å². The maximum absolute atomic E-state index is 12.9. The number of fused-ring (bicyclic) bond motifs is 3. The Labute approximate surface area is 221 Å². The number of pyridine rings is 1. The molecule has 0 fully saturated rings. The summed E-state index contributed by atoms with van der Waals surface area (Å²) in [7, 11) is 0. The molecule has 0 aliphatic carbocycles. The first-order valence-electron chi connectivity index (χ1n) is 12.7. The Morgan fingerprint density at radius 2 is 1.82 bits per heavy atom. The van der Waals surface area contributed by atoms with E-state index in [0.717, 1.165) is 40.3 Å². The predicted octanol–water partition coefficient (Wildman–Crippen LogP) is 5.32. The van der Waals surface area contributed by atoms with Crippen LogP contribution in [0.2, 0.25) is 0 Å². The molecule has 38 heavy (non-hydrogen) atoms. The fraction of sp³-hybridized carbons (Fsp3) is 0.333. The van der Waals surface area contributed by atoms with Crippen LogP contribution in [0.3, 0.4) is 0 Å². The van der Waals surface area contributed by atoms with Gasteiger partial charge in [0.05, 0.1) is 29.1 Å². The molecule has 0 radical (unpaired) electrons. The molecule has 1 amide bonds. The highest BCUT2D eigenvalue weighted by Crippen LogP contribution is 2.48. The second-order valence-corrected chi connectivity index (χ2v) is 10.9. The van der Waals surface area contributed by atoms with E-state index in [9.17, 15) is 14.7 Å². The van der Waals surface area contributed by atoms with Crippen molar-refractivity contribution in [3.05, 3.63) is 82.2 Å². The van der Waals surface area contributed by atoms with Crippen molar-refractivity contribution in [1.82, 2.24) is 4.98 Å². The van der Waals surface area contributed by atoms with Crippen LogP contribution in [0, 0.1) is 0 Å². The SMILES string of the molecule is CCOc1cc2c(c3c1OC(C)(C)C3)C(c1ccc(C(=O)O)c(NC(=O)c3ccncc3)c1)=NC(C)(C)C2. The van der Waals surface area contributed by atoms with E-state index in [0.29, 0.717) is 24.2 Å². The number of benzene rings is 2. The van der Waals surface area contributed by atoms with E-state index in [1.54, 1.807) is 24.3 Å². The highest BCUT2D eigenvalue weighted by atomic mass is 16.5. The molecule has 3 aromatic rings. The summed E-state index contributed by atoms with van der Waals surface area (Å²) in [4.78, 5) is 34.0. The molecule has 0 saturated carbocycles. The standard InChI is InChI=1S/C30H31N3O5/c1-6-37-23-14-19-15-29(2,3)33-25(24(19)21-16-30(4,5)38-26(21)23)18-7-8-20(28(35)36)22(13-18)32-27(34)17-9-11-31-12-10-17/h7-14H,6,15-16H2,1-5H3,(H,32,34)(H,35,36). The summed E-state index contributed by atoms with van der Waals surface area (Å²) < 4.78 is 12.3. The lowest BCUT2D eigenvalue weighted by Gasteiger charge is -2.31. The Balaban J connectivity index is 1.66. The zero-order chi connectivity index (χ0) is 27.2. The molecule has 2 aromatic carbocycles. The number of nitrogens with zero attached hydrogens (tertiary/aromatic N) is 2. The first kappa shape index (κ1) is 25.4. The zero-order valence-corrected chi connectivity index (χ0v) is 22.2. The third kappa shape index (κ3) is 4.74. The summed E-state index contributed by atoms with van der Waals surface area (Å²) in [6.07, 6.45) is 4.43. The number of aromatic nitrogens is 1. The lowest BCUT2D eigenvalue weighted by molar-refractivity contribution is 0.0698. The molecule has 0 saturated heterocycles. The highest BCUT2D eigenvalue weighted by Gasteiger charge is 2.40. The first-order valence-corrected chi connectivity index (χ1v) is 12.7. The summed E-state index contributed by atoms with van der Waals surface area (Å²) in [5.74, 6) is -0.0900. The molecular weight excluding hydrogens is 482 g/mol. The molecule has 0 unspecified atom stereocenters. The summed E-state index contributed by atoms with van der Waals surface area (Å²) >= 11 is 0. The normalized spacial score (nSPS) is 16.5. The molecule has 0 spiro atoms. The van der Waals surface area contributed by atoms with Gasteiger partial charge in [0.25, 0.3) is 5.91 Å². The van der Waals surface area contributed by atoms with Gasteiger partial charge in [-0.1, -0.05) is 6.07 Å². The van der Waals surface area contributed by atoms with Gasteiger partial charge in [-0.15, -0.1) is 0 Å². The van der Waals surface area contributed by atoms with Crippen LogP contribution in [0.1, 0.15) is 77.6 Å². The summed E-state index contributed by atoms with van der Waals surface area (Å²) in [5.41, 5.74) is 4.35. The van der Waals surface area contributed by atoms with Gasteiger partial charge in [-0.25, -0.2) is 4.79 Å². The van der Waals surface area contributed by atoms with Crippen molar-refractivity contribution in [2.45, 2.75) is 58.6 Å². The number of amides is 1. The van der Waals surface area contributed by atoms with Gasteiger partial charge in [-0.05, 0) is 76.9 Å². The number of carboxylic acids is 1. The Kier molecular flexibility index (Phi) is 6.21. The second kappa shape index (κ2) is 9.28. The molecule has 2 N–H and O–H groups in total. The third-order valence-electron chi connectivity index (χ3n) is 6.70. The number of anilines is 1. The van der Waals surface area contributed by atoms with Gasteiger partial charge in [0, 0.05) is 41.1 Å². The van der Waals surface area contributed by atoms with E-state index in [1.165, 1.54) is 18.5 Å². The molecule has 5 rings (SSSR count). The van der Waals surface area contributed by atoms with Crippen LogP contribution in [0.4, 0.5) is 5.69 Å². The minimum atomic E-state index is -1.13. The van der Waals surface area contributed by atoms with E-state index in [2.05, 4.69) is 24.1 Å². The van der Waals surface area contributed by atoms with Crippen LogP contribution in [-0.4, -0.2) is 45.4 Å². The molecule has 196 valence electrons. The minimum absolute atomic E-state index is 0.00608. The number of carboxylic acid groups (broad SMARTS) is 1. The number of carbonyl (C=O) groups excluding carboxylic acids is 1. The quantitative estimate of drug-likeness (QED) is 0.462. The monoisotopic (exact) mass is 513 g/mol. The van der Waals surface area contributed by atoms with Crippen LogP contribution in [0.5, 0.6) is 11.5 Å². The number of aliphatic imine (C=N–C) groups is 1. The van der Waals surface area contributed by atoms with E-state index in [-0.39, 0.29) is 11.3 Å². The third-order valence-corrected chi connectivity index (χ3v) is 6.70. The van der Waals surface area contributed by atoms with Crippen LogP contribution >= 0.6 is 0 Å². The molecule has 8 nitrogen and oxygen atoms in total. The molecule has 8 heteroatoms. The highest BCUT2D eigenvalue weighted by molar-refractivity contribution is 6.17. The second-order valence-electron chi connectivity index (χ2n) is 10.9. The molecule has 2 aliphatic heterocycles. The van der Waals surface area contributed by atoms with E-state index in [4.69, 9.17) is 14.5 Å². The summed E-state index contributed by atoms with van der Waals surface area (Å²) in [5, 5.41) is 12.6. The molecule has 0 atom stereocenters. The molecule has 3 heterocycles. The smallest absolute Gasteiger partial charge is 0.337 e. The van der Waals surface area contributed by atoms with E-state index < -0.39 is 23.0 Å². The van der Waals surface area contributed by atoms with Crippen LogP contribution in [0.25, 0.3) is 0 Å². The van der Waals surface area contributed by atoms with Crippen molar-refractivity contribution in [3.63, 3.8) is 0 Å². The predicted molar refractivity (Wildman–Crippen MR) is 145 cm³/mol. The number of ether oxygens (including phenoxy) is 2. The largest absolute Gasteiger partial charge is 0.490 e. The Bertz CT molecular complexity index is 1470. The number of aromatic carboxylic acids is 1. The molecule has 1 aromatic heterocycles. The Hall–Kier alpha value is -4.20. The minimum Gasteiger partial charge on any atom is -0.490 e. The average molecular weight is 514 g/mol. The fourth-order valence-corrected chi connectivity index (χ4v) is 5.22. The van der Waals surface area contributed by atoms with Gasteiger partial charge in [0.15, 0.2) is 11.5 Å². The maximum atomic E-state index is 12.9. The topological polar surface area (TPSA) is 110 Å². The summed E-state index contributed by atoms with van der Waals surface area (Å²) in [6, 6.07) is 10.1. The van der Waals surface area contributed by atoms with Crippen molar-refractivity contribution in [2.75, 3.05) is 11.9 Å². The van der Waals surface area contributed by atoms with Crippen LogP contribution in [0.15, 0.2) is 53.8 Å². The van der Waals surface area contributed by atoms with Crippen molar-refractivity contribution in [2.24, 2.45) is 4.99 Å². The van der Waals surface area contributed by atoms with Gasteiger partial charge in [-0.2, -0.15) is 0 Å². The van der Waals surface area contributed by atoms with E-state index in [1.807, 2.05) is 26.8 Å². The fourth-order valence-electron chi connectivity index (χ4n) is 5.22. The average Bonchev–Trinajstić information content (AvgIpc) is 3.18. The van der Waals surface area contributed by atoms with E-state index >= 15 is 0 Å². The summed E-state index contributed by atoms with van der Waals surface area (Å²) in [6.45, 7) is 10.7. The number of hydrogen-bond donors (Lipinski definition) is 2. The number of hydrogen-bond acceptors (Lipinski definition) is 6. The van der Waals surface area contributed by atoms with Crippen LogP contribution in [-0.2, 0) is 12.8 Å². The Morgan fingerprint density at radius 1 is 1.08 bits per heavy atom. The molecule has 2 aliphatic rings. The van der Waals surface area contributed by atoms with Gasteiger partial charge in [0.2, 0.25) is 0 Å². The van der Waals surface area contributed by atoms with Crippen molar-refractivity contribution >= 4 is 23.3 Å². The van der Waals surface area contributed by atoms with Crippen LogP contribution < -0.4 is 14.8 Å². The van der Waals surface area contributed by atoms with Crippen molar-refractivity contribution < 1.29 is 24.2 Å². The maximum Gasteiger partial charge on any atom is 0.337 e. The molecular formula is C30H31N3O5. The zero-order valence-electron chi connectivity index (χ0n) is 22.2. The lowest BCUT2D eigenvalue weighted by Crippen LogP contribution is -2.31. The first-order chi connectivity index (χ1) is 18.0. The molecule has 0 bridgehead atoms. The number of nitrogens with one attached hydrogen (secondary N) is 1. The number of rotatable bonds is 6. The van der Waals surface area contributed by atoms with Gasteiger partial charge >= 0.3 is 5.97 Å². The van der Waals surface area contributed by atoms with Gasteiger partial charge in [-0.3, -0.25) is 14.8 Å². The Morgan fingerprint density at radius 3 is 2.50 bits per heavy atom. The van der Waals surface area contributed by atoms with Crippen molar-refractivity contribution in [3.8, 4) is 11.5 Å². The van der Waals surface area contributed by atoms with Gasteiger partial charge < -0.3 is 19.9 Å². The van der Waals surface area contributed by atoms with Crippen molar-refractivity contribution in [1.29, 1.82) is 0 Å². The number of carbonyl (C=O) groups is 2. The lowest BCUT2D eigenvalue weighted by atomic mass is 9.80.